The molecule has 1 amide bonds. The maximum atomic E-state index is 12.7. The van der Waals surface area contributed by atoms with E-state index in [9.17, 15) is 13.2 Å². The van der Waals surface area contributed by atoms with E-state index in [-0.39, 0.29) is 16.9 Å². The molecule has 0 aliphatic carbocycles. The standard InChI is InChI=1S/C20H24N2O5S/c1-22(14-18-4-3-13-27-18)28(24,25)19-11-5-15(6-12-19)20(23)21-16-7-9-17(26-2)10-8-16/h5-12,18H,3-4,13-14H2,1-2H3,(H,21,23). The molecule has 0 bridgehead atoms. The smallest absolute Gasteiger partial charge is 0.255 e. The van der Waals surface area contributed by atoms with Crippen molar-refractivity contribution < 1.29 is 22.7 Å². The lowest BCUT2D eigenvalue weighted by Crippen LogP contribution is -2.34. The van der Waals surface area contributed by atoms with Crippen LogP contribution in [0.1, 0.15) is 23.2 Å². The van der Waals surface area contributed by atoms with Crippen LogP contribution in [-0.4, -0.2) is 52.0 Å². The molecule has 2 aromatic carbocycles. The van der Waals surface area contributed by atoms with Gasteiger partial charge in [0, 0.05) is 31.5 Å². The normalized spacial score (nSPS) is 16.9. The lowest BCUT2D eigenvalue weighted by molar-refractivity contribution is 0.0979. The van der Waals surface area contributed by atoms with Gasteiger partial charge in [-0.3, -0.25) is 4.79 Å². The highest BCUT2D eigenvalue weighted by molar-refractivity contribution is 7.89. The molecule has 1 fully saturated rings. The number of carbonyl (C=O) groups excluding carboxylic acids is 1. The Morgan fingerprint density at radius 1 is 1.18 bits per heavy atom. The van der Waals surface area contributed by atoms with Crippen molar-refractivity contribution in [3.8, 4) is 5.75 Å². The molecular formula is C20H24N2O5S. The van der Waals surface area contributed by atoms with Crippen molar-refractivity contribution in [2.75, 3.05) is 32.6 Å². The first kappa shape index (κ1) is 20.3. The second-order valence-corrected chi connectivity index (χ2v) is 8.67. The number of anilines is 1. The summed E-state index contributed by atoms with van der Waals surface area (Å²) < 4.78 is 37.3. The zero-order valence-corrected chi connectivity index (χ0v) is 16.7. The molecule has 0 aromatic heterocycles. The Bertz CT molecular complexity index is 905. The minimum Gasteiger partial charge on any atom is -0.497 e. The van der Waals surface area contributed by atoms with Crippen molar-refractivity contribution in [3.05, 3.63) is 54.1 Å². The first-order valence-corrected chi connectivity index (χ1v) is 10.5. The van der Waals surface area contributed by atoms with E-state index in [2.05, 4.69) is 5.32 Å². The Labute approximate surface area is 165 Å². The minimum atomic E-state index is -3.63. The molecule has 8 heteroatoms. The van der Waals surface area contributed by atoms with Crippen molar-refractivity contribution >= 4 is 21.6 Å². The van der Waals surface area contributed by atoms with Crippen LogP contribution in [0.2, 0.25) is 0 Å². The number of sulfonamides is 1. The second kappa shape index (κ2) is 8.72. The van der Waals surface area contributed by atoms with Crippen LogP contribution in [0.15, 0.2) is 53.4 Å². The van der Waals surface area contributed by atoms with Gasteiger partial charge >= 0.3 is 0 Å². The number of hydrogen-bond acceptors (Lipinski definition) is 5. The summed E-state index contributed by atoms with van der Waals surface area (Å²) in [6, 6.07) is 12.9. The highest BCUT2D eigenvalue weighted by Gasteiger charge is 2.26. The summed E-state index contributed by atoms with van der Waals surface area (Å²) in [4.78, 5) is 12.5. The number of amides is 1. The van der Waals surface area contributed by atoms with Crippen LogP contribution in [0.4, 0.5) is 5.69 Å². The van der Waals surface area contributed by atoms with Crippen LogP contribution in [0.3, 0.4) is 0 Å². The summed E-state index contributed by atoms with van der Waals surface area (Å²) >= 11 is 0. The first-order valence-electron chi connectivity index (χ1n) is 9.03. The Hall–Kier alpha value is -2.42. The van der Waals surface area contributed by atoms with Gasteiger partial charge in [-0.25, -0.2) is 8.42 Å². The Kier molecular flexibility index (Phi) is 6.33. The topological polar surface area (TPSA) is 84.9 Å². The van der Waals surface area contributed by atoms with Crippen molar-refractivity contribution in [2.45, 2.75) is 23.8 Å². The van der Waals surface area contributed by atoms with E-state index in [0.717, 1.165) is 12.8 Å². The molecule has 1 saturated heterocycles. The third-order valence-corrected chi connectivity index (χ3v) is 6.49. The minimum absolute atomic E-state index is 0.0608. The molecule has 0 radical (unpaired) electrons. The van der Waals surface area contributed by atoms with E-state index in [1.807, 2.05) is 0 Å². The number of rotatable bonds is 7. The third-order valence-electron chi connectivity index (χ3n) is 4.66. The fourth-order valence-electron chi connectivity index (χ4n) is 3.01. The summed E-state index contributed by atoms with van der Waals surface area (Å²) in [7, 11) is -0.514. The molecular weight excluding hydrogens is 380 g/mol. The number of ether oxygens (including phenoxy) is 2. The number of nitrogens with one attached hydrogen (secondary N) is 1. The van der Waals surface area contributed by atoms with Crippen molar-refractivity contribution in [1.82, 2.24) is 4.31 Å². The number of likely N-dealkylation sites (N-methyl/N-ethyl adjacent to an activating group) is 1. The predicted molar refractivity (Wildman–Crippen MR) is 106 cm³/mol. The SMILES string of the molecule is COc1ccc(NC(=O)c2ccc(S(=O)(=O)N(C)CC3CCCO3)cc2)cc1. The number of hydrogen-bond donors (Lipinski definition) is 1. The average Bonchev–Trinajstić information content (AvgIpc) is 3.21. The molecule has 1 atom stereocenters. The van der Waals surface area contributed by atoms with Crippen LogP contribution in [0.5, 0.6) is 5.75 Å². The maximum absolute atomic E-state index is 12.7. The van der Waals surface area contributed by atoms with Gasteiger partial charge in [0.25, 0.3) is 5.91 Å². The van der Waals surface area contributed by atoms with E-state index in [1.54, 1.807) is 38.4 Å². The van der Waals surface area contributed by atoms with Crippen LogP contribution < -0.4 is 10.1 Å². The third kappa shape index (κ3) is 4.70. The summed E-state index contributed by atoms with van der Waals surface area (Å²) in [6.07, 6.45) is 1.76. The van der Waals surface area contributed by atoms with Gasteiger partial charge in [-0.15, -0.1) is 0 Å². The molecule has 1 unspecified atom stereocenters. The molecule has 1 aliphatic heterocycles. The molecule has 150 valence electrons. The lowest BCUT2D eigenvalue weighted by Gasteiger charge is -2.20. The van der Waals surface area contributed by atoms with Crippen LogP contribution in [-0.2, 0) is 14.8 Å². The van der Waals surface area contributed by atoms with Crippen LogP contribution in [0.25, 0.3) is 0 Å². The highest BCUT2D eigenvalue weighted by Crippen LogP contribution is 2.20. The van der Waals surface area contributed by atoms with Gasteiger partial charge in [0.2, 0.25) is 10.0 Å². The molecule has 0 spiro atoms. The lowest BCUT2D eigenvalue weighted by atomic mass is 10.2. The van der Waals surface area contributed by atoms with E-state index in [4.69, 9.17) is 9.47 Å². The van der Waals surface area contributed by atoms with E-state index in [0.29, 0.717) is 30.2 Å². The van der Waals surface area contributed by atoms with Gasteiger partial charge in [0.1, 0.15) is 5.75 Å². The fraction of sp³-hybridized carbons (Fsp3) is 0.350. The number of benzene rings is 2. The van der Waals surface area contributed by atoms with Gasteiger partial charge in [-0.1, -0.05) is 0 Å². The fourth-order valence-corrected chi connectivity index (χ4v) is 4.21. The van der Waals surface area contributed by atoms with Crippen LogP contribution >= 0.6 is 0 Å². The molecule has 7 nitrogen and oxygen atoms in total. The highest BCUT2D eigenvalue weighted by atomic mass is 32.2. The summed E-state index contributed by atoms with van der Waals surface area (Å²) in [6.45, 7) is 0.999. The quantitative estimate of drug-likeness (QED) is 0.767. The maximum Gasteiger partial charge on any atom is 0.255 e. The largest absolute Gasteiger partial charge is 0.497 e. The molecule has 2 aromatic rings. The van der Waals surface area contributed by atoms with E-state index < -0.39 is 10.0 Å². The van der Waals surface area contributed by atoms with Gasteiger partial charge < -0.3 is 14.8 Å². The van der Waals surface area contributed by atoms with Gasteiger partial charge in [0.05, 0.1) is 18.1 Å². The summed E-state index contributed by atoms with van der Waals surface area (Å²) in [5.41, 5.74) is 0.996. The second-order valence-electron chi connectivity index (χ2n) is 6.63. The molecule has 1 aliphatic rings. The average molecular weight is 404 g/mol. The summed E-state index contributed by atoms with van der Waals surface area (Å²) in [5, 5.41) is 2.77. The Morgan fingerprint density at radius 2 is 1.86 bits per heavy atom. The molecule has 1 N–H and O–H groups in total. The zero-order chi connectivity index (χ0) is 20.1. The zero-order valence-electron chi connectivity index (χ0n) is 15.9. The predicted octanol–water partition coefficient (Wildman–Crippen LogP) is 2.75. The molecule has 1 heterocycles. The first-order chi connectivity index (χ1) is 13.4. The monoisotopic (exact) mass is 404 g/mol. The number of methoxy groups -OCH3 is 1. The van der Waals surface area contributed by atoms with Crippen molar-refractivity contribution in [3.63, 3.8) is 0 Å². The number of nitrogens with zero attached hydrogens (tertiary/aromatic N) is 1. The van der Waals surface area contributed by atoms with Crippen molar-refractivity contribution in [1.29, 1.82) is 0 Å². The number of carbonyl (C=O) groups is 1. The van der Waals surface area contributed by atoms with Gasteiger partial charge in [-0.05, 0) is 61.4 Å². The molecule has 0 saturated carbocycles. The van der Waals surface area contributed by atoms with E-state index >= 15 is 0 Å². The molecule has 28 heavy (non-hydrogen) atoms. The van der Waals surface area contributed by atoms with E-state index in [1.165, 1.54) is 28.6 Å². The van der Waals surface area contributed by atoms with Gasteiger partial charge in [0.15, 0.2) is 0 Å². The van der Waals surface area contributed by atoms with Crippen molar-refractivity contribution in [2.24, 2.45) is 0 Å². The summed E-state index contributed by atoms with van der Waals surface area (Å²) in [5.74, 6) is 0.376. The van der Waals surface area contributed by atoms with Crippen LogP contribution in [0, 0.1) is 0 Å². The van der Waals surface area contributed by atoms with Gasteiger partial charge in [-0.2, -0.15) is 4.31 Å². The molecule has 3 rings (SSSR count). The Balaban J connectivity index is 1.66. The Morgan fingerprint density at radius 3 is 2.43 bits per heavy atom.